The normalized spacial score (nSPS) is 11.1. The van der Waals surface area contributed by atoms with Crippen molar-refractivity contribution in [1.29, 1.82) is 0 Å². The Morgan fingerprint density at radius 3 is 1.93 bits per heavy atom. The molecule has 8 nitrogen and oxygen atoms in total. The summed E-state index contributed by atoms with van der Waals surface area (Å²) in [6.07, 6.45) is 9.10. The third-order valence-electron chi connectivity index (χ3n) is 9.73. The molecular formula is C48H41IrN7O-2. The van der Waals surface area contributed by atoms with E-state index in [2.05, 4.69) is 154 Å². The molecule has 9 rings (SSSR count). The molecule has 0 fully saturated rings. The van der Waals surface area contributed by atoms with Gasteiger partial charge in [0.05, 0.1) is 22.9 Å². The third-order valence-corrected chi connectivity index (χ3v) is 9.73. The van der Waals surface area contributed by atoms with Crippen molar-refractivity contribution in [2.75, 3.05) is 0 Å². The molecule has 0 aliphatic carbocycles. The Balaban J connectivity index is 0.000000172. The second kappa shape index (κ2) is 17.2. The van der Waals surface area contributed by atoms with Crippen LogP contribution in [-0.4, -0.2) is 34.3 Å². The second-order valence-corrected chi connectivity index (χ2v) is 14.2. The van der Waals surface area contributed by atoms with E-state index in [-0.39, 0.29) is 20.1 Å². The van der Waals surface area contributed by atoms with Crippen LogP contribution in [0.5, 0.6) is 0 Å². The maximum Gasteiger partial charge on any atom is 0.180 e. The predicted octanol–water partition coefficient (Wildman–Crippen LogP) is 11.5. The number of oxazole rings is 1. The van der Waals surface area contributed by atoms with Gasteiger partial charge in [0, 0.05) is 61.8 Å². The number of nitrogens with zero attached hydrogens (tertiary/aromatic N) is 7. The number of para-hydroxylation sites is 2. The molecule has 1 radical (unpaired) electrons. The van der Waals surface area contributed by atoms with Gasteiger partial charge in [0.15, 0.2) is 5.89 Å². The molecule has 0 bridgehead atoms. The zero-order chi connectivity index (χ0) is 38.6. The Morgan fingerprint density at radius 2 is 1.32 bits per heavy atom. The largest absolute Gasteiger partial charge is 0.488 e. The van der Waals surface area contributed by atoms with E-state index in [1.165, 1.54) is 16.8 Å². The summed E-state index contributed by atoms with van der Waals surface area (Å²) in [7, 11) is 0. The maximum atomic E-state index is 5.59. The first-order valence-electron chi connectivity index (χ1n) is 18.8. The van der Waals surface area contributed by atoms with E-state index in [0.29, 0.717) is 23.6 Å². The van der Waals surface area contributed by atoms with E-state index in [9.17, 15) is 0 Å². The molecule has 4 aromatic heterocycles. The Labute approximate surface area is 346 Å². The number of hydrogen-bond donors (Lipinski definition) is 0. The first-order valence-corrected chi connectivity index (χ1v) is 18.8. The topological polar surface area (TPSA) is 87.4 Å². The number of rotatable bonds is 8. The summed E-state index contributed by atoms with van der Waals surface area (Å²) in [6.45, 7) is 10.8. The quantitative estimate of drug-likeness (QED) is 0.141. The third kappa shape index (κ3) is 8.03. The van der Waals surface area contributed by atoms with Gasteiger partial charge in [-0.05, 0) is 34.1 Å². The van der Waals surface area contributed by atoms with Crippen molar-refractivity contribution in [3.05, 3.63) is 176 Å². The summed E-state index contributed by atoms with van der Waals surface area (Å²) in [5.74, 6) is 3.06. The Hall–Kier alpha value is -6.28. The molecule has 0 atom stereocenters. The number of hydrogen-bond acceptors (Lipinski definition) is 6. The summed E-state index contributed by atoms with van der Waals surface area (Å²) < 4.78 is 9.80. The van der Waals surface area contributed by atoms with Crippen LogP contribution in [0.1, 0.15) is 56.5 Å². The molecule has 0 saturated carbocycles. The van der Waals surface area contributed by atoms with Gasteiger partial charge in [-0.15, -0.1) is 41.0 Å². The fourth-order valence-corrected chi connectivity index (χ4v) is 7.12. The van der Waals surface area contributed by atoms with Crippen LogP contribution >= 0.6 is 0 Å². The van der Waals surface area contributed by atoms with Gasteiger partial charge in [-0.2, -0.15) is 5.10 Å². The van der Waals surface area contributed by atoms with Crippen LogP contribution in [-0.2, 0) is 20.1 Å². The number of pyridine rings is 1. The van der Waals surface area contributed by atoms with Crippen LogP contribution in [0, 0.1) is 19.1 Å². The average molecular weight is 924 g/mol. The molecule has 0 N–H and O–H groups in total. The molecule has 9 heteroatoms. The standard InChI is InChI=1S/C25H17N4.C23H24N3O.Ir/c1-3-9-19(10-4-1)22-14-7-15-23(20-11-5-2-6-12-20)24(22)29-18-27-28-25(29)21-13-8-16-26-17-21;1-14(2)18-7-6-8-19(15(3)4)22(18)26-12-11-24-23(26)17-9-10-21-20(13-17)25-16(5)27-21;/h1-12,14-18H;6-8,10-15H,1-5H3;/q2*-1;. The van der Waals surface area contributed by atoms with Gasteiger partial charge in [-0.3, -0.25) is 4.98 Å². The second-order valence-electron chi connectivity index (χ2n) is 14.2. The SMILES string of the molecule is Cc1nc2cc(-c3nccn3-c3c(C(C)C)cccc3C(C)C)[c-]cc2o1.[Ir].[c-]1ccncc1-c1nncn1-c1c(-c2ccccc2)cccc1-c1ccccc1. The van der Waals surface area contributed by atoms with Crippen molar-refractivity contribution in [2.24, 2.45) is 0 Å². The van der Waals surface area contributed by atoms with Crippen LogP contribution in [0.25, 0.3) is 67.5 Å². The number of imidazole rings is 1. The van der Waals surface area contributed by atoms with Crippen LogP contribution in [0.2, 0.25) is 0 Å². The number of benzene rings is 5. The molecule has 4 heterocycles. The maximum absolute atomic E-state index is 5.59. The molecular weight excluding hydrogens is 883 g/mol. The summed E-state index contributed by atoms with van der Waals surface area (Å²) in [5, 5.41) is 8.58. The minimum atomic E-state index is 0. The smallest absolute Gasteiger partial charge is 0.180 e. The van der Waals surface area contributed by atoms with Crippen molar-refractivity contribution in [1.82, 2.24) is 34.3 Å². The minimum Gasteiger partial charge on any atom is -0.488 e. The van der Waals surface area contributed by atoms with Gasteiger partial charge in [-0.1, -0.05) is 143 Å². The summed E-state index contributed by atoms with van der Waals surface area (Å²) in [4.78, 5) is 13.3. The van der Waals surface area contributed by atoms with Gasteiger partial charge in [0.2, 0.25) is 0 Å². The number of aryl methyl sites for hydroxylation is 1. The van der Waals surface area contributed by atoms with Gasteiger partial charge in [0.1, 0.15) is 6.33 Å². The monoisotopic (exact) mass is 924 g/mol. The fraction of sp³-hybridized carbons (Fsp3) is 0.146. The van der Waals surface area contributed by atoms with Crippen molar-refractivity contribution in [2.45, 2.75) is 46.5 Å². The van der Waals surface area contributed by atoms with Crippen molar-refractivity contribution >= 4 is 11.1 Å². The van der Waals surface area contributed by atoms with Crippen molar-refractivity contribution in [3.63, 3.8) is 0 Å². The summed E-state index contributed by atoms with van der Waals surface area (Å²) in [6, 6.07) is 45.8. The van der Waals surface area contributed by atoms with E-state index < -0.39 is 0 Å². The first-order chi connectivity index (χ1) is 27.4. The van der Waals surface area contributed by atoms with Crippen LogP contribution < -0.4 is 0 Å². The van der Waals surface area contributed by atoms with Gasteiger partial charge >= 0.3 is 0 Å². The molecule has 57 heavy (non-hydrogen) atoms. The van der Waals surface area contributed by atoms with Gasteiger partial charge in [-0.25, -0.2) is 4.98 Å². The Bertz CT molecular complexity index is 2630. The molecule has 0 unspecified atom stereocenters. The van der Waals surface area contributed by atoms with Crippen LogP contribution in [0.15, 0.2) is 151 Å². The van der Waals surface area contributed by atoms with E-state index in [1.54, 1.807) is 24.8 Å². The molecule has 0 amide bonds. The Morgan fingerprint density at radius 1 is 0.667 bits per heavy atom. The zero-order valence-corrected chi connectivity index (χ0v) is 34.8. The fourth-order valence-electron chi connectivity index (χ4n) is 7.12. The molecule has 0 aliphatic heterocycles. The van der Waals surface area contributed by atoms with E-state index >= 15 is 0 Å². The van der Waals surface area contributed by atoms with Gasteiger partial charge < -0.3 is 18.5 Å². The van der Waals surface area contributed by atoms with E-state index in [1.807, 2.05) is 48.1 Å². The van der Waals surface area contributed by atoms with Crippen LogP contribution in [0.4, 0.5) is 0 Å². The molecule has 0 saturated heterocycles. The predicted molar refractivity (Wildman–Crippen MR) is 223 cm³/mol. The van der Waals surface area contributed by atoms with Gasteiger partial charge in [0.25, 0.3) is 0 Å². The average Bonchev–Trinajstić information content (AvgIpc) is 4.01. The molecule has 285 valence electrons. The zero-order valence-electron chi connectivity index (χ0n) is 32.4. The van der Waals surface area contributed by atoms with Crippen molar-refractivity contribution < 1.29 is 24.5 Å². The summed E-state index contributed by atoms with van der Waals surface area (Å²) >= 11 is 0. The van der Waals surface area contributed by atoms with E-state index in [4.69, 9.17) is 4.42 Å². The molecule has 0 spiro atoms. The van der Waals surface area contributed by atoms with Crippen LogP contribution in [0.3, 0.4) is 0 Å². The summed E-state index contributed by atoms with van der Waals surface area (Å²) in [5.41, 5.74) is 12.7. The first kappa shape index (κ1) is 39.0. The molecule has 5 aromatic carbocycles. The van der Waals surface area contributed by atoms with Crippen molar-refractivity contribution in [3.8, 4) is 56.4 Å². The molecule has 9 aromatic rings. The number of aromatic nitrogens is 7. The Kier molecular flexibility index (Phi) is 11.8. The molecule has 0 aliphatic rings. The number of fused-ring (bicyclic) bond motifs is 1. The minimum absolute atomic E-state index is 0. The van der Waals surface area contributed by atoms with E-state index in [0.717, 1.165) is 56.0 Å².